The number of likely N-dealkylation sites (tertiary alicyclic amines) is 1. The van der Waals surface area contributed by atoms with Crippen LogP contribution >= 0.6 is 22.9 Å². The molecule has 2 saturated heterocycles. The van der Waals surface area contributed by atoms with E-state index in [2.05, 4.69) is 0 Å². The first kappa shape index (κ1) is 17.7. The summed E-state index contributed by atoms with van der Waals surface area (Å²) in [5.74, 6) is -0.0305. The van der Waals surface area contributed by atoms with Crippen LogP contribution in [-0.4, -0.2) is 73.7 Å². The first-order valence-corrected chi connectivity index (χ1v) is 9.23. The summed E-state index contributed by atoms with van der Waals surface area (Å²) in [5, 5.41) is 2.33. The highest BCUT2D eigenvalue weighted by Crippen LogP contribution is 2.32. The van der Waals surface area contributed by atoms with Gasteiger partial charge in [-0.05, 0) is 24.3 Å². The maximum absolute atomic E-state index is 12.7. The number of carbonyl (C=O) groups excluding carboxylic acids is 2. The molecular formula is C16H21ClN2O4S. The van der Waals surface area contributed by atoms with Gasteiger partial charge in [0.25, 0.3) is 5.91 Å². The molecule has 1 aromatic heterocycles. The SMILES string of the molecule is COCC(=O)N1CCC2(CC1)CN(C(=O)c1sccc1Cl)CCO2. The van der Waals surface area contributed by atoms with Crippen LogP contribution in [0.3, 0.4) is 0 Å². The van der Waals surface area contributed by atoms with E-state index in [9.17, 15) is 9.59 Å². The standard InChI is InChI=1S/C16H21ClN2O4S/c1-22-10-13(20)18-5-3-16(4-6-18)11-19(7-8-23-16)15(21)14-12(17)2-9-24-14/h2,9H,3-8,10-11H2,1H3. The molecule has 2 aliphatic rings. The third kappa shape index (κ3) is 3.59. The van der Waals surface area contributed by atoms with Crippen LogP contribution < -0.4 is 0 Å². The van der Waals surface area contributed by atoms with Gasteiger partial charge in [0.15, 0.2) is 0 Å². The molecule has 2 fully saturated rings. The average Bonchev–Trinajstić information content (AvgIpc) is 3.01. The summed E-state index contributed by atoms with van der Waals surface area (Å²) >= 11 is 7.46. The molecule has 1 aromatic rings. The quantitative estimate of drug-likeness (QED) is 0.812. The van der Waals surface area contributed by atoms with Gasteiger partial charge in [-0.1, -0.05) is 11.6 Å². The molecular weight excluding hydrogens is 352 g/mol. The lowest BCUT2D eigenvalue weighted by atomic mass is 9.89. The Balaban J connectivity index is 1.63. The van der Waals surface area contributed by atoms with Crippen molar-refractivity contribution in [2.24, 2.45) is 0 Å². The van der Waals surface area contributed by atoms with E-state index in [0.717, 1.165) is 12.8 Å². The molecule has 0 N–H and O–H groups in total. The van der Waals surface area contributed by atoms with Gasteiger partial charge in [0.1, 0.15) is 11.5 Å². The third-order valence-corrected chi connectivity index (χ3v) is 5.97. The zero-order valence-electron chi connectivity index (χ0n) is 13.6. The van der Waals surface area contributed by atoms with Crippen LogP contribution in [-0.2, 0) is 14.3 Å². The predicted octanol–water partition coefficient (Wildman–Crippen LogP) is 1.88. The molecule has 0 atom stereocenters. The van der Waals surface area contributed by atoms with Crippen molar-refractivity contribution in [3.63, 3.8) is 0 Å². The Labute approximate surface area is 150 Å². The summed E-state index contributed by atoms with van der Waals surface area (Å²) in [7, 11) is 1.52. The van der Waals surface area contributed by atoms with Gasteiger partial charge in [-0.2, -0.15) is 0 Å². The van der Waals surface area contributed by atoms with Crippen molar-refractivity contribution in [2.75, 3.05) is 46.5 Å². The summed E-state index contributed by atoms with van der Waals surface area (Å²) in [6, 6.07) is 1.75. The fraction of sp³-hybridized carbons (Fsp3) is 0.625. The number of methoxy groups -OCH3 is 1. The molecule has 0 aromatic carbocycles. The van der Waals surface area contributed by atoms with Crippen LogP contribution in [0.4, 0.5) is 0 Å². The number of amides is 2. The summed E-state index contributed by atoms with van der Waals surface area (Å²) in [5.41, 5.74) is -0.360. The lowest BCUT2D eigenvalue weighted by Gasteiger charge is -2.47. The Bertz CT molecular complexity index is 613. The molecule has 8 heteroatoms. The van der Waals surface area contributed by atoms with Crippen LogP contribution in [0.15, 0.2) is 11.4 Å². The summed E-state index contributed by atoms with van der Waals surface area (Å²) in [4.78, 5) is 28.8. The number of ether oxygens (including phenoxy) is 2. The minimum atomic E-state index is -0.360. The summed E-state index contributed by atoms with van der Waals surface area (Å²) in [6.45, 7) is 3.00. The second kappa shape index (κ2) is 7.39. The van der Waals surface area contributed by atoms with E-state index in [-0.39, 0.29) is 24.0 Å². The summed E-state index contributed by atoms with van der Waals surface area (Å²) < 4.78 is 10.9. The van der Waals surface area contributed by atoms with E-state index in [0.29, 0.717) is 42.7 Å². The number of nitrogens with zero attached hydrogens (tertiary/aromatic N) is 2. The largest absolute Gasteiger partial charge is 0.375 e. The van der Waals surface area contributed by atoms with E-state index >= 15 is 0 Å². The minimum absolute atomic E-state index is 0.00135. The molecule has 1 spiro atoms. The van der Waals surface area contributed by atoms with E-state index in [1.54, 1.807) is 11.0 Å². The van der Waals surface area contributed by atoms with Gasteiger partial charge in [0.2, 0.25) is 5.91 Å². The third-order valence-electron chi connectivity index (χ3n) is 4.64. The van der Waals surface area contributed by atoms with Gasteiger partial charge in [-0.15, -0.1) is 11.3 Å². The molecule has 0 radical (unpaired) electrons. The normalized spacial score (nSPS) is 20.4. The molecule has 2 aliphatic heterocycles. The number of morpholine rings is 1. The highest BCUT2D eigenvalue weighted by molar-refractivity contribution is 7.12. The molecule has 3 heterocycles. The topological polar surface area (TPSA) is 59.1 Å². The first-order chi connectivity index (χ1) is 11.5. The Morgan fingerprint density at radius 3 is 2.71 bits per heavy atom. The van der Waals surface area contributed by atoms with Crippen LogP contribution in [0, 0.1) is 0 Å². The van der Waals surface area contributed by atoms with Gasteiger partial charge in [0, 0.05) is 26.7 Å². The minimum Gasteiger partial charge on any atom is -0.375 e. The van der Waals surface area contributed by atoms with Crippen molar-refractivity contribution in [3.8, 4) is 0 Å². The lowest BCUT2D eigenvalue weighted by Crippen LogP contribution is -2.58. The predicted molar refractivity (Wildman–Crippen MR) is 91.6 cm³/mol. The lowest BCUT2D eigenvalue weighted by molar-refractivity contribution is -0.149. The maximum atomic E-state index is 12.7. The number of rotatable bonds is 3. The molecule has 0 saturated carbocycles. The maximum Gasteiger partial charge on any atom is 0.265 e. The Kier molecular flexibility index (Phi) is 5.44. The van der Waals surface area contributed by atoms with Gasteiger partial charge in [-0.25, -0.2) is 0 Å². The molecule has 6 nitrogen and oxygen atoms in total. The van der Waals surface area contributed by atoms with E-state index in [1.807, 2.05) is 10.3 Å². The Morgan fingerprint density at radius 2 is 2.08 bits per heavy atom. The van der Waals surface area contributed by atoms with Crippen molar-refractivity contribution in [3.05, 3.63) is 21.3 Å². The molecule has 0 unspecified atom stereocenters. The fourth-order valence-electron chi connectivity index (χ4n) is 3.29. The molecule has 24 heavy (non-hydrogen) atoms. The first-order valence-electron chi connectivity index (χ1n) is 7.98. The number of piperidine rings is 1. The highest BCUT2D eigenvalue weighted by atomic mass is 35.5. The Hall–Kier alpha value is -1.15. The second-order valence-corrected chi connectivity index (χ2v) is 7.49. The van der Waals surface area contributed by atoms with Crippen molar-refractivity contribution in [1.29, 1.82) is 0 Å². The van der Waals surface area contributed by atoms with Crippen LogP contribution in [0.25, 0.3) is 0 Å². The van der Waals surface area contributed by atoms with E-state index < -0.39 is 0 Å². The molecule has 2 amide bonds. The summed E-state index contributed by atoms with van der Waals surface area (Å²) in [6.07, 6.45) is 1.45. The number of halogens is 1. The molecule has 0 bridgehead atoms. The van der Waals surface area contributed by atoms with Gasteiger partial charge >= 0.3 is 0 Å². The highest BCUT2D eigenvalue weighted by Gasteiger charge is 2.42. The van der Waals surface area contributed by atoms with Crippen LogP contribution in [0.1, 0.15) is 22.5 Å². The molecule has 3 rings (SSSR count). The van der Waals surface area contributed by atoms with Gasteiger partial charge < -0.3 is 19.3 Å². The number of hydrogen-bond donors (Lipinski definition) is 0. The van der Waals surface area contributed by atoms with Crippen molar-refractivity contribution < 1.29 is 19.1 Å². The van der Waals surface area contributed by atoms with E-state index in [1.165, 1.54) is 18.4 Å². The average molecular weight is 373 g/mol. The zero-order chi connectivity index (χ0) is 17.2. The fourth-order valence-corrected chi connectivity index (χ4v) is 4.39. The molecule has 132 valence electrons. The smallest absolute Gasteiger partial charge is 0.265 e. The number of hydrogen-bond acceptors (Lipinski definition) is 5. The van der Waals surface area contributed by atoms with Crippen molar-refractivity contribution in [1.82, 2.24) is 9.80 Å². The van der Waals surface area contributed by atoms with Crippen molar-refractivity contribution >= 4 is 34.8 Å². The van der Waals surface area contributed by atoms with Crippen LogP contribution in [0.2, 0.25) is 5.02 Å². The number of carbonyl (C=O) groups is 2. The van der Waals surface area contributed by atoms with Gasteiger partial charge in [0.05, 0.1) is 23.8 Å². The number of thiophene rings is 1. The monoisotopic (exact) mass is 372 g/mol. The van der Waals surface area contributed by atoms with Crippen molar-refractivity contribution in [2.45, 2.75) is 18.4 Å². The van der Waals surface area contributed by atoms with E-state index in [4.69, 9.17) is 21.1 Å². The Morgan fingerprint density at radius 1 is 1.33 bits per heavy atom. The second-order valence-electron chi connectivity index (χ2n) is 6.17. The van der Waals surface area contributed by atoms with Crippen LogP contribution in [0.5, 0.6) is 0 Å². The van der Waals surface area contributed by atoms with Gasteiger partial charge in [-0.3, -0.25) is 9.59 Å². The zero-order valence-corrected chi connectivity index (χ0v) is 15.2. The molecule has 0 aliphatic carbocycles.